The number of hydrogen-bond donors (Lipinski definition) is 2. The van der Waals surface area contributed by atoms with Crippen molar-refractivity contribution in [2.45, 2.75) is 25.4 Å². The summed E-state index contributed by atoms with van der Waals surface area (Å²) in [7, 11) is 0. The fourth-order valence-corrected chi connectivity index (χ4v) is 3.20. The van der Waals surface area contributed by atoms with Crippen LogP contribution in [0, 0.1) is 0 Å². The van der Waals surface area contributed by atoms with Crippen molar-refractivity contribution in [3.05, 3.63) is 41.0 Å². The summed E-state index contributed by atoms with van der Waals surface area (Å²) in [6.07, 6.45) is 2.79. The molecular weight excluding hydrogens is 375 g/mol. The number of aromatic amines is 1. The zero-order valence-electron chi connectivity index (χ0n) is 14.5. The van der Waals surface area contributed by atoms with E-state index in [0.717, 1.165) is 24.8 Å². The first-order valence-corrected chi connectivity index (χ1v) is 8.98. The Kier molecular flexibility index (Phi) is 7.90. The number of nitrogens with zero attached hydrogens (tertiary/aromatic N) is 2. The largest absolute Gasteiger partial charge is 0.378 e. The van der Waals surface area contributed by atoms with E-state index in [4.69, 9.17) is 22.1 Å². The number of carbonyl (C=O) groups is 1. The molecule has 0 spiro atoms. The normalized spacial score (nSPS) is 14.9. The van der Waals surface area contributed by atoms with Gasteiger partial charge >= 0.3 is 0 Å². The molecule has 1 saturated heterocycles. The number of piperidine rings is 1. The lowest BCUT2D eigenvalue weighted by molar-refractivity contribution is 0.00829. The van der Waals surface area contributed by atoms with Crippen LogP contribution in [0.15, 0.2) is 30.3 Å². The first-order valence-electron chi connectivity index (χ1n) is 8.60. The van der Waals surface area contributed by atoms with Gasteiger partial charge in [-0.2, -0.15) is 5.10 Å². The van der Waals surface area contributed by atoms with Gasteiger partial charge in [0.15, 0.2) is 0 Å². The van der Waals surface area contributed by atoms with E-state index >= 15 is 0 Å². The lowest BCUT2D eigenvalue weighted by atomic mass is 10.1. The van der Waals surface area contributed by atoms with E-state index in [1.165, 1.54) is 0 Å². The van der Waals surface area contributed by atoms with Crippen molar-refractivity contribution in [2.24, 2.45) is 5.73 Å². The van der Waals surface area contributed by atoms with E-state index < -0.39 is 0 Å². The Bertz CT molecular complexity index is 715. The van der Waals surface area contributed by atoms with Gasteiger partial charge in [-0.3, -0.25) is 9.89 Å². The molecule has 142 valence electrons. The molecule has 0 unspecified atom stereocenters. The van der Waals surface area contributed by atoms with E-state index in [0.29, 0.717) is 42.7 Å². The van der Waals surface area contributed by atoms with Gasteiger partial charge < -0.3 is 15.4 Å². The number of likely N-dealkylation sites (tertiary alicyclic amines) is 1. The molecule has 1 fully saturated rings. The van der Waals surface area contributed by atoms with Gasteiger partial charge in [-0.05, 0) is 37.9 Å². The van der Waals surface area contributed by atoms with Crippen molar-refractivity contribution in [1.29, 1.82) is 0 Å². The fraction of sp³-hybridized carbons (Fsp3) is 0.444. The van der Waals surface area contributed by atoms with Crippen LogP contribution < -0.4 is 5.73 Å². The van der Waals surface area contributed by atoms with Crippen LogP contribution in [-0.4, -0.2) is 53.3 Å². The average molecular weight is 399 g/mol. The van der Waals surface area contributed by atoms with Crippen LogP contribution in [0.4, 0.5) is 0 Å². The number of H-pyrrole nitrogens is 1. The minimum absolute atomic E-state index is 0. The highest BCUT2D eigenvalue weighted by Gasteiger charge is 2.25. The summed E-state index contributed by atoms with van der Waals surface area (Å²) in [5.41, 5.74) is 7.44. The Morgan fingerprint density at radius 1 is 1.35 bits per heavy atom. The number of benzene rings is 1. The summed E-state index contributed by atoms with van der Waals surface area (Å²) in [6.45, 7) is 2.71. The summed E-state index contributed by atoms with van der Waals surface area (Å²) in [5.74, 6) is -0.0359. The molecule has 26 heavy (non-hydrogen) atoms. The third kappa shape index (κ3) is 4.98. The molecule has 1 aromatic carbocycles. The van der Waals surface area contributed by atoms with Crippen LogP contribution in [0.5, 0.6) is 0 Å². The standard InChI is InChI=1S/C18H23ClN4O2.ClH/c19-15-5-2-1-4-14(15)16-12-17(22-21-16)18(24)23-9-6-13(7-10-23)25-11-3-8-20;/h1-2,4-5,12-13H,3,6-11,20H2,(H,21,22);1H. The highest BCUT2D eigenvalue weighted by Crippen LogP contribution is 2.26. The minimum atomic E-state index is -0.0359. The van der Waals surface area contributed by atoms with Gasteiger partial charge in [-0.25, -0.2) is 0 Å². The van der Waals surface area contributed by atoms with Crippen LogP contribution in [0.1, 0.15) is 29.8 Å². The molecule has 2 aromatic rings. The summed E-state index contributed by atoms with van der Waals surface area (Å²) in [6, 6.07) is 9.21. The Labute approximate surface area is 164 Å². The zero-order chi connectivity index (χ0) is 17.6. The number of nitrogens with two attached hydrogens (primary N) is 1. The summed E-state index contributed by atoms with van der Waals surface area (Å²) in [5, 5.41) is 7.69. The van der Waals surface area contributed by atoms with Crippen LogP contribution in [-0.2, 0) is 4.74 Å². The topological polar surface area (TPSA) is 84.2 Å². The Balaban J connectivity index is 0.00000243. The number of amides is 1. The van der Waals surface area contributed by atoms with E-state index in [9.17, 15) is 4.79 Å². The molecule has 8 heteroatoms. The Morgan fingerprint density at radius 3 is 2.77 bits per heavy atom. The molecule has 1 amide bonds. The molecule has 1 aliphatic heterocycles. The summed E-state index contributed by atoms with van der Waals surface area (Å²) >= 11 is 6.19. The van der Waals surface area contributed by atoms with Crippen LogP contribution in [0.25, 0.3) is 11.3 Å². The van der Waals surface area contributed by atoms with E-state index in [-0.39, 0.29) is 24.4 Å². The van der Waals surface area contributed by atoms with E-state index in [1.807, 2.05) is 29.2 Å². The van der Waals surface area contributed by atoms with Gasteiger partial charge in [0.2, 0.25) is 0 Å². The maximum atomic E-state index is 12.7. The van der Waals surface area contributed by atoms with Crippen molar-refractivity contribution in [3.8, 4) is 11.3 Å². The molecule has 6 nitrogen and oxygen atoms in total. The predicted octanol–water partition coefficient (Wildman–Crippen LogP) is 3.12. The first-order chi connectivity index (χ1) is 12.2. The molecule has 0 aliphatic carbocycles. The highest BCUT2D eigenvalue weighted by atomic mass is 35.5. The lowest BCUT2D eigenvalue weighted by Gasteiger charge is -2.31. The van der Waals surface area contributed by atoms with Crippen molar-refractivity contribution >= 4 is 29.9 Å². The summed E-state index contributed by atoms with van der Waals surface area (Å²) < 4.78 is 5.78. The van der Waals surface area contributed by atoms with Crippen molar-refractivity contribution in [3.63, 3.8) is 0 Å². The smallest absolute Gasteiger partial charge is 0.271 e. The van der Waals surface area contributed by atoms with Crippen LogP contribution in [0.2, 0.25) is 5.02 Å². The van der Waals surface area contributed by atoms with Crippen molar-refractivity contribution in [2.75, 3.05) is 26.2 Å². The third-order valence-electron chi connectivity index (χ3n) is 4.39. The number of hydrogen-bond acceptors (Lipinski definition) is 4. The van der Waals surface area contributed by atoms with E-state index in [2.05, 4.69) is 10.2 Å². The van der Waals surface area contributed by atoms with Crippen molar-refractivity contribution < 1.29 is 9.53 Å². The number of aromatic nitrogens is 2. The number of halogens is 2. The monoisotopic (exact) mass is 398 g/mol. The van der Waals surface area contributed by atoms with Gasteiger partial charge in [0.1, 0.15) is 5.69 Å². The lowest BCUT2D eigenvalue weighted by Crippen LogP contribution is -2.41. The molecule has 0 atom stereocenters. The van der Waals surface area contributed by atoms with Gasteiger partial charge in [-0.1, -0.05) is 29.8 Å². The molecular formula is C18H24Cl2N4O2. The Morgan fingerprint density at radius 2 is 2.08 bits per heavy atom. The highest BCUT2D eigenvalue weighted by molar-refractivity contribution is 6.33. The first kappa shape index (κ1) is 20.7. The number of ether oxygens (including phenoxy) is 1. The molecule has 2 heterocycles. The van der Waals surface area contributed by atoms with Crippen molar-refractivity contribution in [1.82, 2.24) is 15.1 Å². The van der Waals surface area contributed by atoms with E-state index in [1.54, 1.807) is 6.07 Å². The molecule has 0 radical (unpaired) electrons. The third-order valence-corrected chi connectivity index (χ3v) is 4.72. The minimum Gasteiger partial charge on any atom is -0.378 e. The van der Waals surface area contributed by atoms with Gasteiger partial charge in [-0.15, -0.1) is 12.4 Å². The molecule has 1 aliphatic rings. The van der Waals surface area contributed by atoms with Gasteiger partial charge in [0.25, 0.3) is 5.91 Å². The molecule has 1 aromatic heterocycles. The maximum absolute atomic E-state index is 12.7. The van der Waals surface area contributed by atoms with Gasteiger partial charge in [0, 0.05) is 25.3 Å². The van der Waals surface area contributed by atoms with Crippen LogP contribution in [0.3, 0.4) is 0 Å². The fourth-order valence-electron chi connectivity index (χ4n) is 2.97. The second-order valence-electron chi connectivity index (χ2n) is 6.15. The second-order valence-corrected chi connectivity index (χ2v) is 6.56. The zero-order valence-corrected chi connectivity index (χ0v) is 16.1. The summed E-state index contributed by atoms with van der Waals surface area (Å²) in [4.78, 5) is 14.5. The van der Waals surface area contributed by atoms with Crippen LogP contribution >= 0.6 is 24.0 Å². The Hall–Kier alpha value is -1.60. The molecule has 3 N–H and O–H groups in total. The number of carbonyl (C=O) groups excluding carboxylic acids is 1. The molecule has 3 rings (SSSR count). The molecule has 0 bridgehead atoms. The quantitative estimate of drug-likeness (QED) is 0.731. The van der Waals surface area contributed by atoms with Gasteiger partial charge in [0.05, 0.1) is 16.8 Å². The SMILES string of the molecule is Cl.NCCCOC1CCN(C(=O)c2cc(-c3ccccc3Cl)n[nH]2)CC1. The predicted molar refractivity (Wildman–Crippen MR) is 105 cm³/mol. The average Bonchev–Trinajstić information content (AvgIpc) is 3.12. The second kappa shape index (κ2) is 9.92. The maximum Gasteiger partial charge on any atom is 0.271 e. The number of rotatable bonds is 6. The number of nitrogens with one attached hydrogen (secondary N) is 1. The molecule has 0 saturated carbocycles.